The SMILES string of the molecule is COc1cc(CC(=O)N(C)CCN(C)c2ccc(C(=O)O)cc2)ccc1NC(=O)Nc1ccccc1C. The van der Waals surface area contributed by atoms with Gasteiger partial charge in [0.15, 0.2) is 0 Å². The number of carboxylic acids is 1. The molecule has 0 saturated heterocycles. The first-order valence-electron chi connectivity index (χ1n) is 11.8. The second kappa shape index (κ2) is 12.4. The number of anilines is 3. The minimum Gasteiger partial charge on any atom is -0.495 e. The van der Waals surface area contributed by atoms with E-state index < -0.39 is 12.0 Å². The van der Waals surface area contributed by atoms with Gasteiger partial charge >= 0.3 is 12.0 Å². The van der Waals surface area contributed by atoms with Crippen molar-refractivity contribution in [2.75, 3.05) is 49.8 Å². The first-order chi connectivity index (χ1) is 17.7. The predicted octanol–water partition coefficient (Wildman–Crippen LogP) is 4.48. The highest BCUT2D eigenvalue weighted by molar-refractivity contribution is 6.01. The van der Waals surface area contributed by atoms with Crippen molar-refractivity contribution in [3.63, 3.8) is 0 Å². The van der Waals surface area contributed by atoms with E-state index in [-0.39, 0.29) is 17.9 Å². The lowest BCUT2D eigenvalue weighted by Gasteiger charge is -2.24. The van der Waals surface area contributed by atoms with Crippen LogP contribution in [-0.2, 0) is 11.2 Å². The normalized spacial score (nSPS) is 10.4. The number of amides is 3. The van der Waals surface area contributed by atoms with E-state index in [2.05, 4.69) is 10.6 Å². The molecule has 9 nitrogen and oxygen atoms in total. The van der Waals surface area contributed by atoms with Crippen molar-refractivity contribution in [2.45, 2.75) is 13.3 Å². The van der Waals surface area contributed by atoms with Crippen LogP contribution < -0.4 is 20.3 Å². The van der Waals surface area contributed by atoms with Gasteiger partial charge in [0.1, 0.15) is 5.75 Å². The zero-order chi connectivity index (χ0) is 26.9. The highest BCUT2D eigenvalue weighted by Gasteiger charge is 2.14. The maximum atomic E-state index is 12.8. The van der Waals surface area contributed by atoms with Crippen LogP contribution in [0.2, 0.25) is 0 Å². The summed E-state index contributed by atoms with van der Waals surface area (Å²) in [5.74, 6) is -0.572. The average Bonchev–Trinajstić information content (AvgIpc) is 2.89. The molecule has 0 saturated carbocycles. The number of urea groups is 1. The number of hydrogen-bond acceptors (Lipinski definition) is 5. The largest absolute Gasteiger partial charge is 0.495 e. The van der Waals surface area contributed by atoms with E-state index in [4.69, 9.17) is 9.84 Å². The number of aromatic carboxylic acids is 1. The van der Waals surface area contributed by atoms with Crippen molar-refractivity contribution in [3.05, 3.63) is 83.4 Å². The Morgan fingerprint density at radius 1 is 0.892 bits per heavy atom. The van der Waals surface area contributed by atoms with Gasteiger partial charge in [0.25, 0.3) is 0 Å². The highest BCUT2D eigenvalue weighted by atomic mass is 16.5. The third kappa shape index (κ3) is 7.47. The highest BCUT2D eigenvalue weighted by Crippen LogP contribution is 2.26. The van der Waals surface area contributed by atoms with Gasteiger partial charge in [-0.1, -0.05) is 24.3 Å². The first kappa shape index (κ1) is 27.1. The number of carbonyl (C=O) groups is 3. The van der Waals surface area contributed by atoms with E-state index in [1.54, 1.807) is 54.4 Å². The molecular formula is C28H32N4O5. The van der Waals surface area contributed by atoms with Crippen LogP contribution in [0.25, 0.3) is 0 Å². The van der Waals surface area contributed by atoms with Gasteiger partial charge in [0.05, 0.1) is 24.8 Å². The van der Waals surface area contributed by atoms with Crippen LogP contribution in [0.15, 0.2) is 66.7 Å². The second-order valence-corrected chi connectivity index (χ2v) is 8.69. The molecule has 9 heteroatoms. The molecule has 3 aromatic rings. The van der Waals surface area contributed by atoms with Crippen LogP contribution in [0, 0.1) is 6.92 Å². The summed E-state index contributed by atoms with van der Waals surface area (Å²) in [6, 6.07) is 18.9. The summed E-state index contributed by atoms with van der Waals surface area (Å²) in [5.41, 5.74) is 4.01. The minimum absolute atomic E-state index is 0.0605. The van der Waals surface area contributed by atoms with Gasteiger partial charge in [0, 0.05) is 38.6 Å². The van der Waals surface area contributed by atoms with E-state index in [9.17, 15) is 14.4 Å². The van der Waals surface area contributed by atoms with Crippen LogP contribution >= 0.6 is 0 Å². The van der Waals surface area contributed by atoms with E-state index in [1.807, 2.05) is 43.1 Å². The summed E-state index contributed by atoms with van der Waals surface area (Å²) in [5, 5.41) is 14.6. The van der Waals surface area contributed by atoms with Gasteiger partial charge in [-0.15, -0.1) is 0 Å². The molecule has 3 rings (SSSR count). The van der Waals surface area contributed by atoms with Gasteiger partial charge in [-0.05, 0) is 60.5 Å². The fourth-order valence-electron chi connectivity index (χ4n) is 3.66. The molecule has 0 aliphatic rings. The zero-order valence-corrected chi connectivity index (χ0v) is 21.4. The Bertz CT molecular complexity index is 1260. The van der Waals surface area contributed by atoms with Crippen LogP contribution in [0.1, 0.15) is 21.5 Å². The van der Waals surface area contributed by atoms with Gasteiger partial charge in [0.2, 0.25) is 5.91 Å². The Kier molecular flexibility index (Phi) is 9.10. The maximum absolute atomic E-state index is 12.8. The number of aryl methyl sites for hydroxylation is 1. The summed E-state index contributed by atoms with van der Waals surface area (Å²) in [6.45, 7) is 2.98. The minimum atomic E-state index is -0.967. The van der Waals surface area contributed by atoms with Crippen molar-refractivity contribution in [1.29, 1.82) is 0 Å². The predicted molar refractivity (Wildman–Crippen MR) is 145 cm³/mol. The lowest BCUT2D eigenvalue weighted by Crippen LogP contribution is -2.35. The number of para-hydroxylation sites is 1. The molecule has 0 spiro atoms. The quantitative estimate of drug-likeness (QED) is 0.375. The lowest BCUT2D eigenvalue weighted by atomic mass is 10.1. The van der Waals surface area contributed by atoms with E-state index in [0.717, 1.165) is 16.8 Å². The number of nitrogens with one attached hydrogen (secondary N) is 2. The summed E-state index contributed by atoms with van der Waals surface area (Å²) in [7, 11) is 5.14. The van der Waals surface area contributed by atoms with E-state index >= 15 is 0 Å². The van der Waals surface area contributed by atoms with Crippen LogP contribution in [-0.4, -0.2) is 62.2 Å². The Labute approximate surface area is 216 Å². The average molecular weight is 505 g/mol. The molecule has 0 aromatic heterocycles. The van der Waals surface area contributed by atoms with Crippen molar-refractivity contribution in [2.24, 2.45) is 0 Å². The molecule has 0 radical (unpaired) electrons. The molecule has 0 aliphatic heterocycles. The standard InChI is InChI=1S/C28H32N4O5/c1-19-7-5-6-8-23(19)29-28(36)30-24-14-9-20(17-25(24)37-4)18-26(33)32(3)16-15-31(2)22-12-10-21(11-13-22)27(34)35/h5-14,17H,15-16,18H2,1-4H3,(H,34,35)(H2,29,30,36). The molecule has 0 bridgehead atoms. The number of benzene rings is 3. The summed E-state index contributed by atoms with van der Waals surface area (Å²) >= 11 is 0. The number of carboxylic acid groups (broad SMARTS) is 1. The van der Waals surface area contributed by atoms with Crippen molar-refractivity contribution in [1.82, 2.24) is 4.90 Å². The second-order valence-electron chi connectivity index (χ2n) is 8.69. The molecule has 0 unspecified atom stereocenters. The fraction of sp³-hybridized carbons (Fsp3) is 0.250. The number of methoxy groups -OCH3 is 1. The summed E-state index contributed by atoms with van der Waals surface area (Å²) in [6.07, 6.45) is 0.180. The summed E-state index contributed by atoms with van der Waals surface area (Å²) < 4.78 is 5.44. The Morgan fingerprint density at radius 2 is 1.57 bits per heavy atom. The third-order valence-corrected chi connectivity index (χ3v) is 6.01. The topological polar surface area (TPSA) is 111 Å². The monoisotopic (exact) mass is 504 g/mol. The molecule has 0 atom stereocenters. The smallest absolute Gasteiger partial charge is 0.335 e. The molecule has 0 heterocycles. The van der Waals surface area contributed by atoms with E-state index in [0.29, 0.717) is 30.2 Å². The van der Waals surface area contributed by atoms with E-state index in [1.165, 1.54) is 7.11 Å². The summed E-state index contributed by atoms with van der Waals surface area (Å²) in [4.78, 5) is 39.9. The van der Waals surface area contributed by atoms with Crippen molar-refractivity contribution in [3.8, 4) is 5.75 Å². The van der Waals surface area contributed by atoms with Crippen molar-refractivity contribution < 1.29 is 24.2 Å². The molecule has 0 fully saturated rings. The Balaban J connectivity index is 1.55. The van der Waals surface area contributed by atoms with Crippen LogP contribution in [0.3, 0.4) is 0 Å². The third-order valence-electron chi connectivity index (χ3n) is 6.01. The molecular weight excluding hydrogens is 472 g/mol. The van der Waals surface area contributed by atoms with Crippen LogP contribution in [0.5, 0.6) is 5.75 Å². The van der Waals surface area contributed by atoms with Crippen molar-refractivity contribution >= 4 is 35.0 Å². The Morgan fingerprint density at radius 3 is 2.22 bits per heavy atom. The number of rotatable bonds is 10. The number of ether oxygens (including phenoxy) is 1. The lowest BCUT2D eigenvalue weighted by molar-refractivity contribution is -0.129. The zero-order valence-electron chi connectivity index (χ0n) is 21.4. The molecule has 194 valence electrons. The molecule has 37 heavy (non-hydrogen) atoms. The van der Waals surface area contributed by atoms with Gasteiger partial charge in [-0.2, -0.15) is 0 Å². The van der Waals surface area contributed by atoms with Gasteiger partial charge in [-0.25, -0.2) is 9.59 Å². The Hall–Kier alpha value is -4.53. The molecule has 0 aliphatic carbocycles. The molecule has 3 amide bonds. The molecule has 3 aromatic carbocycles. The number of likely N-dealkylation sites (N-methyl/N-ethyl adjacent to an activating group) is 2. The van der Waals surface area contributed by atoms with Gasteiger partial charge in [-0.3, -0.25) is 4.79 Å². The number of hydrogen-bond donors (Lipinski definition) is 3. The van der Waals surface area contributed by atoms with Gasteiger partial charge < -0.3 is 30.3 Å². The number of carbonyl (C=O) groups excluding carboxylic acids is 2. The maximum Gasteiger partial charge on any atom is 0.335 e. The van der Waals surface area contributed by atoms with Crippen LogP contribution in [0.4, 0.5) is 21.9 Å². The first-order valence-corrected chi connectivity index (χ1v) is 11.8. The number of nitrogens with zero attached hydrogens (tertiary/aromatic N) is 2. The fourth-order valence-corrected chi connectivity index (χ4v) is 3.66. The molecule has 3 N–H and O–H groups in total.